The quantitative estimate of drug-likeness (QED) is 0.719. The van der Waals surface area contributed by atoms with Gasteiger partial charge in [0, 0.05) is 6.54 Å². The largest absolute Gasteiger partial charge is 0.483 e. The highest BCUT2D eigenvalue weighted by molar-refractivity contribution is 5.77. The number of carbonyl (C=O) groups is 1. The lowest BCUT2D eigenvalue weighted by Crippen LogP contribution is -2.31. The first kappa shape index (κ1) is 14.5. The van der Waals surface area contributed by atoms with Crippen molar-refractivity contribution in [1.29, 1.82) is 0 Å². The van der Waals surface area contributed by atoms with Gasteiger partial charge in [-0.2, -0.15) is 0 Å². The van der Waals surface area contributed by atoms with Gasteiger partial charge in [-0.05, 0) is 45.0 Å². The molecule has 0 saturated carbocycles. The Morgan fingerprint density at radius 1 is 1.22 bits per heavy atom. The van der Waals surface area contributed by atoms with Crippen molar-refractivity contribution in [2.45, 2.75) is 20.3 Å². The van der Waals surface area contributed by atoms with E-state index >= 15 is 0 Å². The third-order valence-corrected chi connectivity index (χ3v) is 2.68. The summed E-state index contributed by atoms with van der Waals surface area (Å²) in [6, 6.07) is 5.94. The Morgan fingerprint density at radius 2 is 1.89 bits per heavy atom. The molecule has 1 aromatic carbocycles. The lowest BCUT2D eigenvalue weighted by Gasteiger charge is -2.11. The van der Waals surface area contributed by atoms with Crippen molar-refractivity contribution in [2.24, 2.45) is 0 Å². The Kier molecular flexibility index (Phi) is 6.22. The second kappa shape index (κ2) is 7.71. The van der Waals surface area contributed by atoms with Crippen molar-refractivity contribution < 1.29 is 9.53 Å². The van der Waals surface area contributed by atoms with E-state index in [-0.39, 0.29) is 12.5 Å². The summed E-state index contributed by atoms with van der Waals surface area (Å²) in [5.41, 5.74) is 2.11. The standard InChI is InChI=1S/C14H22N2O2/c1-11-6-4-7-12(2)14(11)18-10-13(17)16-9-5-8-15-3/h4,6-7,15H,5,8-10H2,1-3H3,(H,16,17). The van der Waals surface area contributed by atoms with Gasteiger partial charge in [-0.1, -0.05) is 18.2 Å². The molecule has 0 fully saturated rings. The van der Waals surface area contributed by atoms with E-state index in [0.717, 1.165) is 29.8 Å². The molecule has 0 spiro atoms. The lowest BCUT2D eigenvalue weighted by atomic mass is 10.1. The highest BCUT2D eigenvalue weighted by Gasteiger charge is 2.06. The monoisotopic (exact) mass is 250 g/mol. The Hall–Kier alpha value is -1.55. The lowest BCUT2D eigenvalue weighted by molar-refractivity contribution is -0.123. The molecule has 0 saturated heterocycles. The molecule has 0 aliphatic carbocycles. The normalized spacial score (nSPS) is 10.2. The Labute approximate surface area is 109 Å². The van der Waals surface area contributed by atoms with E-state index in [2.05, 4.69) is 10.6 Å². The van der Waals surface area contributed by atoms with Gasteiger partial charge in [0.2, 0.25) is 0 Å². The topological polar surface area (TPSA) is 50.4 Å². The van der Waals surface area contributed by atoms with Crippen LogP contribution in [0.15, 0.2) is 18.2 Å². The number of aryl methyl sites for hydroxylation is 2. The maximum Gasteiger partial charge on any atom is 0.257 e. The second-order valence-corrected chi connectivity index (χ2v) is 4.32. The zero-order chi connectivity index (χ0) is 13.4. The van der Waals surface area contributed by atoms with Gasteiger partial charge in [0.05, 0.1) is 0 Å². The van der Waals surface area contributed by atoms with Crippen LogP contribution in [0.5, 0.6) is 5.75 Å². The van der Waals surface area contributed by atoms with Gasteiger partial charge < -0.3 is 15.4 Å². The number of rotatable bonds is 7. The summed E-state index contributed by atoms with van der Waals surface area (Å²) in [4.78, 5) is 11.5. The van der Waals surface area contributed by atoms with Crippen LogP contribution in [0, 0.1) is 13.8 Å². The van der Waals surface area contributed by atoms with Crippen LogP contribution >= 0.6 is 0 Å². The van der Waals surface area contributed by atoms with Crippen LogP contribution in [0.1, 0.15) is 17.5 Å². The molecule has 0 radical (unpaired) electrons. The van der Waals surface area contributed by atoms with E-state index in [0.29, 0.717) is 6.54 Å². The summed E-state index contributed by atoms with van der Waals surface area (Å²) in [6.07, 6.45) is 0.922. The average molecular weight is 250 g/mol. The van der Waals surface area contributed by atoms with Crippen LogP contribution in [0.3, 0.4) is 0 Å². The van der Waals surface area contributed by atoms with Gasteiger partial charge in [0.15, 0.2) is 6.61 Å². The molecule has 0 aliphatic rings. The minimum Gasteiger partial charge on any atom is -0.483 e. The van der Waals surface area contributed by atoms with Gasteiger partial charge in [0.25, 0.3) is 5.91 Å². The first-order valence-electron chi connectivity index (χ1n) is 6.25. The van der Waals surface area contributed by atoms with Crippen LogP contribution in [0.4, 0.5) is 0 Å². The fourth-order valence-electron chi connectivity index (χ4n) is 1.71. The van der Waals surface area contributed by atoms with Crippen LogP contribution < -0.4 is 15.4 Å². The number of ether oxygens (including phenoxy) is 1. The molecular formula is C14H22N2O2. The minimum atomic E-state index is -0.0752. The molecule has 0 atom stereocenters. The molecule has 1 amide bonds. The SMILES string of the molecule is CNCCCNC(=O)COc1c(C)cccc1C. The predicted octanol–water partition coefficient (Wildman–Crippen LogP) is 1.41. The van der Waals surface area contributed by atoms with Gasteiger partial charge >= 0.3 is 0 Å². The molecule has 0 aromatic heterocycles. The van der Waals surface area contributed by atoms with Crippen molar-refractivity contribution in [3.8, 4) is 5.75 Å². The van der Waals surface area contributed by atoms with Crippen LogP contribution in [-0.2, 0) is 4.79 Å². The second-order valence-electron chi connectivity index (χ2n) is 4.32. The van der Waals surface area contributed by atoms with Crippen molar-refractivity contribution >= 4 is 5.91 Å². The number of amides is 1. The maximum atomic E-state index is 11.5. The van der Waals surface area contributed by atoms with E-state index in [1.165, 1.54) is 0 Å². The minimum absolute atomic E-state index is 0.0746. The van der Waals surface area contributed by atoms with Crippen LogP contribution in [0.2, 0.25) is 0 Å². The fraction of sp³-hybridized carbons (Fsp3) is 0.500. The third-order valence-electron chi connectivity index (χ3n) is 2.68. The van der Waals surface area contributed by atoms with E-state index in [1.54, 1.807) is 0 Å². The zero-order valence-electron chi connectivity index (χ0n) is 11.4. The van der Waals surface area contributed by atoms with Crippen molar-refractivity contribution in [1.82, 2.24) is 10.6 Å². The molecule has 4 nitrogen and oxygen atoms in total. The number of para-hydroxylation sites is 1. The van der Waals surface area contributed by atoms with Crippen LogP contribution in [-0.4, -0.2) is 32.7 Å². The van der Waals surface area contributed by atoms with Crippen molar-refractivity contribution in [2.75, 3.05) is 26.7 Å². The Morgan fingerprint density at radius 3 is 2.50 bits per heavy atom. The first-order chi connectivity index (χ1) is 8.65. The van der Waals surface area contributed by atoms with Gasteiger partial charge in [-0.3, -0.25) is 4.79 Å². The highest BCUT2D eigenvalue weighted by Crippen LogP contribution is 2.21. The Bertz CT molecular complexity index is 371. The average Bonchev–Trinajstić information content (AvgIpc) is 2.34. The van der Waals surface area contributed by atoms with Crippen molar-refractivity contribution in [3.63, 3.8) is 0 Å². The molecule has 0 aliphatic heterocycles. The third kappa shape index (κ3) is 4.75. The zero-order valence-corrected chi connectivity index (χ0v) is 11.4. The molecule has 1 aromatic rings. The summed E-state index contributed by atoms with van der Waals surface area (Å²) in [7, 11) is 1.89. The molecule has 2 N–H and O–H groups in total. The van der Waals surface area contributed by atoms with Crippen molar-refractivity contribution in [3.05, 3.63) is 29.3 Å². The summed E-state index contributed by atoms with van der Waals surface area (Å²) < 4.78 is 5.56. The van der Waals surface area contributed by atoms with Crippen LogP contribution in [0.25, 0.3) is 0 Å². The highest BCUT2D eigenvalue weighted by atomic mass is 16.5. The fourth-order valence-corrected chi connectivity index (χ4v) is 1.71. The van der Waals surface area contributed by atoms with E-state index in [4.69, 9.17) is 4.74 Å². The molecule has 100 valence electrons. The van der Waals surface area contributed by atoms with Gasteiger partial charge in [0.1, 0.15) is 5.75 Å². The first-order valence-corrected chi connectivity index (χ1v) is 6.25. The number of nitrogens with one attached hydrogen (secondary N) is 2. The van der Waals surface area contributed by atoms with E-state index in [1.807, 2.05) is 39.1 Å². The Balaban J connectivity index is 2.34. The molecule has 0 unspecified atom stereocenters. The predicted molar refractivity (Wildman–Crippen MR) is 73.0 cm³/mol. The molecule has 0 heterocycles. The number of carbonyl (C=O) groups excluding carboxylic acids is 1. The smallest absolute Gasteiger partial charge is 0.257 e. The van der Waals surface area contributed by atoms with E-state index in [9.17, 15) is 4.79 Å². The maximum absolute atomic E-state index is 11.5. The number of hydrogen-bond donors (Lipinski definition) is 2. The van der Waals surface area contributed by atoms with E-state index < -0.39 is 0 Å². The summed E-state index contributed by atoms with van der Waals surface area (Å²) in [5, 5.41) is 5.85. The summed E-state index contributed by atoms with van der Waals surface area (Å²) >= 11 is 0. The molecular weight excluding hydrogens is 228 g/mol. The number of benzene rings is 1. The summed E-state index contributed by atoms with van der Waals surface area (Å²) in [5.74, 6) is 0.733. The van der Waals surface area contributed by atoms with Gasteiger partial charge in [-0.15, -0.1) is 0 Å². The molecule has 18 heavy (non-hydrogen) atoms. The molecule has 4 heteroatoms. The molecule has 1 rings (SSSR count). The molecule has 0 bridgehead atoms. The van der Waals surface area contributed by atoms with Gasteiger partial charge in [-0.25, -0.2) is 0 Å². The summed E-state index contributed by atoms with van der Waals surface area (Å²) in [6.45, 7) is 5.61. The number of hydrogen-bond acceptors (Lipinski definition) is 3.